The van der Waals surface area contributed by atoms with Crippen LogP contribution in [-0.2, 0) is 0 Å². The summed E-state index contributed by atoms with van der Waals surface area (Å²) in [6, 6.07) is 3.94. The molecule has 0 radical (unpaired) electrons. The molecule has 1 aliphatic carbocycles. The van der Waals surface area contributed by atoms with Gasteiger partial charge in [-0.2, -0.15) is 0 Å². The lowest BCUT2D eigenvalue weighted by molar-refractivity contribution is 0.153. The second kappa shape index (κ2) is 4.97. The maximum atomic E-state index is 5.96. The fraction of sp³-hybridized carbons (Fsp3) is 0.583. The summed E-state index contributed by atoms with van der Waals surface area (Å²) in [6.45, 7) is 1.99. The van der Waals surface area contributed by atoms with Crippen LogP contribution in [0.5, 0.6) is 5.75 Å². The highest BCUT2D eigenvalue weighted by atomic mass is 79.9. The Morgan fingerprint density at radius 2 is 2.00 bits per heavy atom. The average molecular weight is 270 g/mol. The Balaban J connectivity index is 2.03. The Kier molecular flexibility index (Phi) is 3.62. The molecule has 0 aliphatic heterocycles. The first-order valence-electron chi connectivity index (χ1n) is 5.55. The quantitative estimate of drug-likeness (QED) is 0.761. The van der Waals surface area contributed by atoms with E-state index in [-0.39, 0.29) is 0 Å². The average Bonchev–Trinajstić information content (AvgIpc) is 2.24. The predicted octanol–water partition coefficient (Wildman–Crippen LogP) is 3.86. The lowest BCUT2D eigenvalue weighted by Crippen LogP contribution is -2.20. The second-order valence-electron chi connectivity index (χ2n) is 4.10. The van der Waals surface area contributed by atoms with Crippen molar-refractivity contribution >= 4 is 15.9 Å². The molecule has 0 atom stereocenters. The van der Waals surface area contributed by atoms with E-state index in [0.29, 0.717) is 6.10 Å². The molecule has 0 saturated heterocycles. The molecule has 15 heavy (non-hydrogen) atoms. The minimum atomic E-state index is 0.403. The van der Waals surface area contributed by atoms with Crippen LogP contribution in [0.2, 0.25) is 0 Å². The smallest absolute Gasteiger partial charge is 0.140 e. The van der Waals surface area contributed by atoms with Crippen molar-refractivity contribution in [1.82, 2.24) is 4.98 Å². The van der Waals surface area contributed by atoms with Gasteiger partial charge in [0.15, 0.2) is 0 Å². The van der Waals surface area contributed by atoms with Crippen LogP contribution in [-0.4, -0.2) is 11.1 Å². The fourth-order valence-electron chi connectivity index (χ4n) is 2.00. The highest BCUT2D eigenvalue weighted by molar-refractivity contribution is 9.10. The first kappa shape index (κ1) is 10.9. The van der Waals surface area contributed by atoms with E-state index in [1.807, 2.05) is 19.1 Å². The SMILES string of the molecule is Cc1nc(Br)ccc1OC1CCCCC1. The first-order chi connectivity index (χ1) is 7.25. The van der Waals surface area contributed by atoms with E-state index in [0.717, 1.165) is 16.0 Å². The molecule has 1 aliphatic rings. The molecule has 2 rings (SSSR count). The van der Waals surface area contributed by atoms with Gasteiger partial charge in [0.05, 0.1) is 11.8 Å². The molecule has 3 heteroatoms. The van der Waals surface area contributed by atoms with Crippen LogP contribution in [0.4, 0.5) is 0 Å². The molecule has 1 aromatic heterocycles. The summed E-state index contributed by atoms with van der Waals surface area (Å²) >= 11 is 3.35. The summed E-state index contributed by atoms with van der Waals surface area (Å²) < 4.78 is 6.83. The van der Waals surface area contributed by atoms with Gasteiger partial charge < -0.3 is 4.74 Å². The van der Waals surface area contributed by atoms with Crippen LogP contribution < -0.4 is 4.74 Å². The maximum Gasteiger partial charge on any atom is 0.140 e. The van der Waals surface area contributed by atoms with Crippen LogP contribution in [0.25, 0.3) is 0 Å². The molecule has 0 spiro atoms. The molecule has 1 saturated carbocycles. The maximum absolute atomic E-state index is 5.96. The van der Waals surface area contributed by atoms with E-state index in [9.17, 15) is 0 Å². The van der Waals surface area contributed by atoms with E-state index in [1.165, 1.54) is 32.1 Å². The van der Waals surface area contributed by atoms with Gasteiger partial charge in [0.2, 0.25) is 0 Å². The van der Waals surface area contributed by atoms with E-state index >= 15 is 0 Å². The van der Waals surface area contributed by atoms with E-state index in [2.05, 4.69) is 20.9 Å². The molecule has 1 heterocycles. The van der Waals surface area contributed by atoms with Crippen LogP contribution in [0, 0.1) is 6.92 Å². The van der Waals surface area contributed by atoms with Gasteiger partial charge in [0, 0.05) is 0 Å². The Bertz CT molecular complexity index is 334. The number of ether oxygens (including phenoxy) is 1. The van der Waals surface area contributed by atoms with Crippen molar-refractivity contribution in [2.45, 2.75) is 45.1 Å². The Morgan fingerprint density at radius 3 is 2.67 bits per heavy atom. The lowest BCUT2D eigenvalue weighted by Gasteiger charge is -2.23. The van der Waals surface area contributed by atoms with Gasteiger partial charge in [-0.1, -0.05) is 6.42 Å². The van der Waals surface area contributed by atoms with Gasteiger partial charge in [-0.25, -0.2) is 4.98 Å². The second-order valence-corrected chi connectivity index (χ2v) is 4.91. The van der Waals surface area contributed by atoms with E-state index in [4.69, 9.17) is 4.74 Å². The summed E-state index contributed by atoms with van der Waals surface area (Å²) in [7, 11) is 0. The summed E-state index contributed by atoms with van der Waals surface area (Å²) in [6.07, 6.45) is 6.74. The standard InChI is InChI=1S/C12H16BrNO/c1-9-11(7-8-12(13)14-9)15-10-5-3-2-4-6-10/h7-8,10H,2-6H2,1H3. The zero-order valence-corrected chi connectivity index (χ0v) is 10.6. The molecule has 0 unspecified atom stereocenters. The zero-order chi connectivity index (χ0) is 10.7. The molecule has 0 aromatic carbocycles. The van der Waals surface area contributed by atoms with Gasteiger partial charge in [-0.05, 0) is 60.7 Å². The summed E-state index contributed by atoms with van der Waals surface area (Å²) in [5.41, 5.74) is 0.968. The summed E-state index contributed by atoms with van der Waals surface area (Å²) in [5, 5.41) is 0. The van der Waals surface area contributed by atoms with Gasteiger partial charge in [-0.3, -0.25) is 0 Å². The number of hydrogen-bond acceptors (Lipinski definition) is 2. The predicted molar refractivity (Wildman–Crippen MR) is 64.2 cm³/mol. The minimum absolute atomic E-state index is 0.403. The molecular formula is C12H16BrNO. The van der Waals surface area contributed by atoms with E-state index < -0.39 is 0 Å². The lowest BCUT2D eigenvalue weighted by atomic mass is 9.98. The van der Waals surface area contributed by atoms with Crippen LogP contribution >= 0.6 is 15.9 Å². The highest BCUT2D eigenvalue weighted by Crippen LogP contribution is 2.25. The number of hydrogen-bond donors (Lipinski definition) is 0. The molecule has 2 nitrogen and oxygen atoms in total. The van der Waals surface area contributed by atoms with Crippen molar-refractivity contribution in [2.75, 3.05) is 0 Å². The van der Waals surface area contributed by atoms with Crippen molar-refractivity contribution in [2.24, 2.45) is 0 Å². The van der Waals surface area contributed by atoms with Gasteiger partial charge in [-0.15, -0.1) is 0 Å². The third-order valence-electron chi connectivity index (χ3n) is 2.85. The molecule has 0 amide bonds. The van der Waals surface area contributed by atoms with Crippen molar-refractivity contribution in [3.8, 4) is 5.75 Å². The van der Waals surface area contributed by atoms with Crippen molar-refractivity contribution in [3.05, 3.63) is 22.4 Å². The Morgan fingerprint density at radius 1 is 1.27 bits per heavy atom. The molecule has 82 valence electrons. The van der Waals surface area contributed by atoms with Crippen LogP contribution in [0.15, 0.2) is 16.7 Å². The number of aryl methyl sites for hydroxylation is 1. The summed E-state index contributed by atoms with van der Waals surface area (Å²) in [5.74, 6) is 0.935. The largest absolute Gasteiger partial charge is 0.489 e. The number of pyridine rings is 1. The van der Waals surface area contributed by atoms with E-state index in [1.54, 1.807) is 0 Å². The highest BCUT2D eigenvalue weighted by Gasteiger charge is 2.15. The molecule has 1 fully saturated rings. The third kappa shape index (κ3) is 2.94. The van der Waals surface area contributed by atoms with Crippen molar-refractivity contribution < 1.29 is 4.74 Å². The Labute approximate surface area is 99.2 Å². The Hall–Kier alpha value is -0.570. The van der Waals surface area contributed by atoms with Gasteiger partial charge in [0.1, 0.15) is 10.4 Å². The van der Waals surface area contributed by atoms with Gasteiger partial charge >= 0.3 is 0 Å². The number of nitrogens with zero attached hydrogens (tertiary/aromatic N) is 1. The van der Waals surface area contributed by atoms with Crippen LogP contribution in [0.1, 0.15) is 37.8 Å². The third-order valence-corrected chi connectivity index (χ3v) is 3.29. The fourth-order valence-corrected chi connectivity index (χ4v) is 2.40. The molecular weight excluding hydrogens is 254 g/mol. The number of rotatable bonds is 2. The normalized spacial score (nSPS) is 17.7. The molecule has 0 N–H and O–H groups in total. The molecule has 1 aromatic rings. The zero-order valence-electron chi connectivity index (χ0n) is 9.00. The first-order valence-corrected chi connectivity index (χ1v) is 6.35. The number of halogens is 1. The monoisotopic (exact) mass is 269 g/mol. The summed E-state index contributed by atoms with van der Waals surface area (Å²) in [4.78, 5) is 4.33. The van der Waals surface area contributed by atoms with Crippen molar-refractivity contribution in [1.29, 1.82) is 0 Å². The topological polar surface area (TPSA) is 22.1 Å². The minimum Gasteiger partial charge on any atom is -0.489 e. The van der Waals surface area contributed by atoms with Crippen LogP contribution in [0.3, 0.4) is 0 Å². The number of aromatic nitrogens is 1. The molecule has 0 bridgehead atoms. The van der Waals surface area contributed by atoms with Crippen molar-refractivity contribution in [3.63, 3.8) is 0 Å². The van der Waals surface area contributed by atoms with Gasteiger partial charge in [0.25, 0.3) is 0 Å².